The highest BCUT2D eigenvalue weighted by Crippen LogP contribution is 2.13. The van der Waals surface area contributed by atoms with Gasteiger partial charge in [0.15, 0.2) is 0 Å². The lowest BCUT2D eigenvalue weighted by Crippen LogP contribution is -2.17. The molecule has 2 aromatic rings. The van der Waals surface area contributed by atoms with Gasteiger partial charge in [0.05, 0.1) is 35.5 Å². The van der Waals surface area contributed by atoms with Gasteiger partial charge in [-0.25, -0.2) is 9.97 Å². The summed E-state index contributed by atoms with van der Waals surface area (Å²) in [5, 5.41) is 2.65. The van der Waals surface area contributed by atoms with E-state index in [1.807, 2.05) is 0 Å². The fourth-order valence-electron chi connectivity index (χ4n) is 1.27. The molecule has 7 heteroatoms. The second-order valence-corrected chi connectivity index (χ2v) is 3.15. The van der Waals surface area contributed by atoms with Crippen LogP contribution in [0.25, 0.3) is 0 Å². The summed E-state index contributed by atoms with van der Waals surface area (Å²) in [6.07, 6.45) is 7.37. The van der Waals surface area contributed by atoms with Gasteiger partial charge in [0.25, 0.3) is 5.91 Å². The third-order valence-corrected chi connectivity index (χ3v) is 2.04. The highest BCUT2D eigenvalue weighted by Gasteiger charge is 2.10. The number of hydrazine groups is 1. The van der Waals surface area contributed by atoms with Gasteiger partial charge in [-0.2, -0.15) is 0 Å². The molecule has 0 radical (unpaired) electrons. The molecule has 0 aliphatic heterocycles. The lowest BCUT2D eigenvalue weighted by molar-refractivity contribution is 0.102. The summed E-state index contributed by atoms with van der Waals surface area (Å²) >= 11 is 0. The second kappa shape index (κ2) is 4.99. The molecule has 2 heterocycles. The lowest BCUT2D eigenvalue weighted by Gasteiger charge is -2.08. The Bertz CT molecular complexity index is 515. The molecule has 0 fully saturated rings. The van der Waals surface area contributed by atoms with Crippen molar-refractivity contribution in [2.45, 2.75) is 0 Å². The van der Waals surface area contributed by atoms with Crippen LogP contribution in [0.1, 0.15) is 10.4 Å². The number of rotatable bonds is 3. The minimum absolute atomic E-state index is 0.310. The average molecular weight is 230 g/mol. The third kappa shape index (κ3) is 2.52. The first-order valence-electron chi connectivity index (χ1n) is 4.78. The zero-order valence-electron chi connectivity index (χ0n) is 8.79. The van der Waals surface area contributed by atoms with Crippen molar-refractivity contribution in [2.24, 2.45) is 5.84 Å². The first kappa shape index (κ1) is 11.0. The number of nitrogens with one attached hydrogen (secondary N) is 2. The quantitative estimate of drug-likeness (QED) is 0.521. The van der Waals surface area contributed by atoms with Crippen LogP contribution >= 0.6 is 0 Å². The predicted molar refractivity (Wildman–Crippen MR) is 62.0 cm³/mol. The third-order valence-electron chi connectivity index (χ3n) is 2.04. The van der Waals surface area contributed by atoms with Gasteiger partial charge in [-0.3, -0.25) is 15.6 Å². The highest BCUT2D eigenvalue weighted by atomic mass is 16.1. The van der Waals surface area contributed by atoms with Crippen LogP contribution in [0.2, 0.25) is 0 Å². The molecule has 0 aliphatic carbocycles. The Balaban J connectivity index is 2.20. The fourth-order valence-corrected chi connectivity index (χ4v) is 1.27. The number of nitrogen functional groups attached to an aromatic ring is 1. The molecular formula is C10H10N6O. The average Bonchev–Trinajstić information content (AvgIpc) is 2.40. The molecule has 0 spiro atoms. The standard InChI is InChI=1S/C10H10N6O/c11-16-9-5-12-2-1-8(9)10(17)15-7-3-13-6-14-4-7/h1-6,16H,11H2,(H,15,17). The lowest BCUT2D eigenvalue weighted by atomic mass is 10.2. The van der Waals surface area contributed by atoms with Gasteiger partial charge in [-0.05, 0) is 6.07 Å². The van der Waals surface area contributed by atoms with E-state index in [1.54, 1.807) is 6.07 Å². The first-order chi connectivity index (χ1) is 8.31. The van der Waals surface area contributed by atoms with E-state index < -0.39 is 0 Å². The molecule has 86 valence electrons. The predicted octanol–water partition coefficient (Wildman–Crippen LogP) is 0.409. The normalized spacial score (nSPS) is 9.71. The molecule has 0 atom stereocenters. The molecule has 1 amide bonds. The van der Waals surface area contributed by atoms with E-state index in [0.717, 1.165) is 0 Å². The number of amides is 1. The van der Waals surface area contributed by atoms with Crippen LogP contribution in [0, 0.1) is 0 Å². The Kier molecular flexibility index (Phi) is 3.22. The molecule has 2 aromatic heterocycles. The van der Waals surface area contributed by atoms with Crippen LogP contribution in [0.15, 0.2) is 37.2 Å². The number of carbonyl (C=O) groups is 1. The molecule has 2 rings (SSSR count). The van der Waals surface area contributed by atoms with E-state index >= 15 is 0 Å². The van der Waals surface area contributed by atoms with Gasteiger partial charge >= 0.3 is 0 Å². The monoisotopic (exact) mass is 230 g/mol. The number of pyridine rings is 1. The first-order valence-corrected chi connectivity index (χ1v) is 4.78. The summed E-state index contributed by atoms with van der Waals surface area (Å²) < 4.78 is 0. The molecule has 4 N–H and O–H groups in total. The van der Waals surface area contributed by atoms with E-state index in [9.17, 15) is 4.79 Å². The maximum atomic E-state index is 11.9. The summed E-state index contributed by atoms with van der Waals surface area (Å²) in [6.45, 7) is 0. The minimum atomic E-state index is -0.310. The van der Waals surface area contributed by atoms with Crippen molar-refractivity contribution in [1.82, 2.24) is 15.0 Å². The van der Waals surface area contributed by atoms with Crippen LogP contribution in [0.4, 0.5) is 11.4 Å². The Morgan fingerprint density at radius 3 is 2.65 bits per heavy atom. The van der Waals surface area contributed by atoms with Gasteiger partial charge in [0, 0.05) is 6.20 Å². The van der Waals surface area contributed by atoms with Gasteiger partial charge in [-0.15, -0.1) is 0 Å². The molecule has 0 unspecified atom stereocenters. The molecule has 0 bridgehead atoms. The van der Waals surface area contributed by atoms with Crippen molar-refractivity contribution < 1.29 is 4.79 Å². The Labute approximate surface area is 97.1 Å². The number of hydrogen-bond acceptors (Lipinski definition) is 6. The topological polar surface area (TPSA) is 106 Å². The van der Waals surface area contributed by atoms with E-state index in [-0.39, 0.29) is 5.91 Å². The van der Waals surface area contributed by atoms with Crippen molar-refractivity contribution in [3.05, 3.63) is 42.7 Å². The number of nitrogens with zero attached hydrogens (tertiary/aromatic N) is 3. The maximum Gasteiger partial charge on any atom is 0.258 e. The molecule has 0 aromatic carbocycles. The number of anilines is 2. The van der Waals surface area contributed by atoms with Crippen LogP contribution in [0.3, 0.4) is 0 Å². The van der Waals surface area contributed by atoms with Crippen LogP contribution < -0.4 is 16.6 Å². The second-order valence-electron chi connectivity index (χ2n) is 3.15. The summed E-state index contributed by atoms with van der Waals surface area (Å²) in [5.74, 6) is 4.98. The van der Waals surface area contributed by atoms with Crippen molar-refractivity contribution in [2.75, 3.05) is 10.7 Å². The minimum Gasteiger partial charge on any atom is -0.322 e. The zero-order valence-corrected chi connectivity index (χ0v) is 8.79. The van der Waals surface area contributed by atoms with E-state index in [4.69, 9.17) is 5.84 Å². The summed E-state index contributed by atoms with van der Waals surface area (Å²) in [5.41, 5.74) is 3.76. The molecular weight excluding hydrogens is 220 g/mol. The van der Waals surface area contributed by atoms with Crippen molar-refractivity contribution >= 4 is 17.3 Å². The number of carbonyl (C=O) groups excluding carboxylic acids is 1. The summed E-state index contributed by atoms with van der Waals surface area (Å²) in [7, 11) is 0. The van der Waals surface area contributed by atoms with Crippen LogP contribution in [0.5, 0.6) is 0 Å². The summed E-state index contributed by atoms with van der Waals surface area (Å²) in [6, 6.07) is 1.56. The smallest absolute Gasteiger partial charge is 0.258 e. The molecule has 17 heavy (non-hydrogen) atoms. The number of aromatic nitrogens is 3. The fraction of sp³-hybridized carbons (Fsp3) is 0. The van der Waals surface area contributed by atoms with Crippen molar-refractivity contribution in [3.8, 4) is 0 Å². The SMILES string of the molecule is NNc1cnccc1C(=O)Nc1cncnc1. The zero-order chi connectivity index (χ0) is 12.1. The van der Waals surface area contributed by atoms with Gasteiger partial charge in [0.2, 0.25) is 0 Å². The van der Waals surface area contributed by atoms with E-state index in [2.05, 4.69) is 25.7 Å². The Hall–Kier alpha value is -2.54. The van der Waals surface area contributed by atoms with Crippen molar-refractivity contribution in [3.63, 3.8) is 0 Å². The van der Waals surface area contributed by atoms with Crippen LogP contribution in [-0.2, 0) is 0 Å². The van der Waals surface area contributed by atoms with Crippen LogP contribution in [-0.4, -0.2) is 20.9 Å². The Morgan fingerprint density at radius 1 is 1.18 bits per heavy atom. The molecule has 7 nitrogen and oxygen atoms in total. The number of nitrogens with two attached hydrogens (primary N) is 1. The van der Waals surface area contributed by atoms with Gasteiger partial charge in [0.1, 0.15) is 6.33 Å². The molecule has 0 saturated heterocycles. The Morgan fingerprint density at radius 2 is 1.94 bits per heavy atom. The molecule has 0 saturated carbocycles. The number of hydrogen-bond donors (Lipinski definition) is 3. The van der Waals surface area contributed by atoms with E-state index in [1.165, 1.54) is 31.1 Å². The van der Waals surface area contributed by atoms with Gasteiger partial charge in [-0.1, -0.05) is 0 Å². The largest absolute Gasteiger partial charge is 0.322 e. The van der Waals surface area contributed by atoms with Crippen molar-refractivity contribution in [1.29, 1.82) is 0 Å². The summed E-state index contributed by atoms with van der Waals surface area (Å²) in [4.78, 5) is 23.4. The molecule has 0 aliphatic rings. The van der Waals surface area contributed by atoms with E-state index in [0.29, 0.717) is 16.9 Å². The van der Waals surface area contributed by atoms with Gasteiger partial charge < -0.3 is 10.7 Å². The maximum absolute atomic E-state index is 11.9. The highest BCUT2D eigenvalue weighted by molar-refractivity contribution is 6.07.